The number of piperazine rings is 1. The van der Waals surface area contributed by atoms with Crippen LogP contribution < -0.4 is 19.7 Å². The van der Waals surface area contributed by atoms with Crippen molar-refractivity contribution in [2.24, 2.45) is 11.3 Å². The monoisotopic (exact) mass is 989 g/mol. The summed E-state index contributed by atoms with van der Waals surface area (Å²) in [7, 11) is -4.61. The lowest BCUT2D eigenvalue weighted by atomic mass is 9.59. The minimum atomic E-state index is -4.61. The zero-order valence-electron chi connectivity index (χ0n) is 41.0. The molecule has 1 spiro atoms. The summed E-state index contributed by atoms with van der Waals surface area (Å²) in [5, 5.41) is 26.4. The zero-order valence-corrected chi connectivity index (χ0v) is 41.8. The van der Waals surface area contributed by atoms with Crippen molar-refractivity contribution in [2.45, 2.75) is 120 Å². The minimum Gasteiger partial charge on any atom is -0.455 e. The predicted molar refractivity (Wildman–Crippen MR) is 272 cm³/mol. The summed E-state index contributed by atoms with van der Waals surface area (Å²) in [6.07, 6.45) is 13.9. The fraction of sp³-hybridized carbons (Fsp3) is 0.528. The largest absolute Gasteiger partial charge is 0.455 e. The molecule has 3 aliphatic heterocycles. The number of nitro groups is 1. The number of nitrogens with one attached hydrogen (secondary N) is 3. The van der Waals surface area contributed by atoms with E-state index in [4.69, 9.17) is 14.5 Å². The highest BCUT2D eigenvalue weighted by Gasteiger charge is 2.50. The van der Waals surface area contributed by atoms with Crippen molar-refractivity contribution in [1.82, 2.24) is 29.5 Å². The molecule has 3 aromatic heterocycles. The van der Waals surface area contributed by atoms with Crippen LogP contribution in [0, 0.1) is 21.4 Å². The molecule has 5 aliphatic rings. The lowest BCUT2D eigenvalue weighted by molar-refractivity contribution is -0.384. The number of pyridine rings is 2. The number of aromatic nitrogens is 3. The van der Waals surface area contributed by atoms with E-state index < -0.39 is 37.0 Å². The average molecular weight is 990 g/mol. The summed E-state index contributed by atoms with van der Waals surface area (Å²) in [6, 6.07) is 19.3. The average Bonchev–Trinajstić information content (AvgIpc) is 3.83. The van der Waals surface area contributed by atoms with Gasteiger partial charge in [0.25, 0.3) is 21.6 Å². The maximum absolute atomic E-state index is 14.0. The number of hydrogen-bond acceptors (Lipinski definition) is 14. The van der Waals surface area contributed by atoms with Crippen molar-refractivity contribution in [1.29, 1.82) is 0 Å². The number of amides is 1. The number of fused-ring (bicyclic) bond motifs is 1. The van der Waals surface area contributed by atoms with Gasteiger partial charge in [-0.25, -0.2) is 23.1 Å². The van der Waals surface area contributed by atoms with Gasteiger partial charge in [-0.05, 0) is 124 Å². The van der Waals surface area contributed by atoms with Crippen LogP contribution in [0.3, 0.4) is 0 Å². The maximum Gasteiger partial charge on any atom is 0.293 e. The molecule has 18 heteroatoms. The molecule has 0 radical (unpaired) electrons. The second kappa shape index (κ2) is 20.1. The van der Waals surface area contributed by atoms with Gasteiger partial charge in [-0.1, -0.05) is 38.1 Å². The van der Waals surface area contributed by atoms with Crippen LogP contribution in [0.2, 0.25) is 0 Å². The molecule has 2 aliphatic carbocycles. The Balaban J connectivity index is 0.834. The van der Waals surface area contributed by atoms with Gasteiger partial charge < -0.3 is 29.8 Å². The van der Waals surface area contributed by atoms with Gasteiger partial charge in [-0.2, -0.15) is 0 Å². The molecule has 5 fully saturated rings. The number of nitro benzene ring substituents is 1. The van der Waals surface area contributed by atoms with Crippen molar-refractivity contribution < 1.29 is 32.7 Å². The second-order valence-electron chi connectivity index (χ2n) is 21.3. The molecular formula is C53H67N9O8S. The van der Waals surface area contributed by atoms with Crippen LogP contribution in [0.15, 0.2) is 84.1 Å². The smallest absolute Gasteiger partial charge is 0.293 e. The van der Waals surface area contributed by atoms with E-state index in [0.29, 0.717) is 60.6 Å². The van der Waals surface area contributed by atoms with Crippen LogP contribution in [-0.2, 0) is 14.8 Å². The zero-order chi connectivity index (χ0) is 49.5. The molecular weight excluding hydrogens is 923 g/mol. The predicted octanol–water partition coefficient (Wildman–Crippen LogP) is 8.54. The van der Waals surface area contributed by atoms with E-state index in [1.165, 1.54) is 35.7 Å². The first kappa shape index (κ1) is 48.9. The molecule has 1 atom stereocenters. The topological polar surface area (TPSA) is 208 Å². The summed E-state index contributed by atoms with van der Waals surface area (Å²) >= 11 is 0. The Morgan fingerprint density at radius 2 is 1.72 bits per heavy atom. The first-order valence-electron chi connectivity index (χ1n) is 25.5. The quantitative estimate of drug-likeness (QED) is 0.0608. The third-order valence-electron chi connectivity index (χ3n) is 16.3. The second-order valence-corrected chi connectivity index (χ2v) is 23.0. The molecule has 2 aromatic carbocycles. The number of aliphatic hydroxyl groups is 1. The minimum absolute atomic E-state index is 0.0887. The van der Waals surface area contributed by atoms with Crippen LogP contribution in [0.25, 0.3) is 11.0 Å². The summed E-state index contributed by atoms with van der Waals surface area (Å²) in [6.45, 7) is 13.2. The highest BCUT2D eigenvalue weighted by molar-refractivity contribution is 7.90. The Morgan fingerprint density at radius 3 is 2.46 bits per heavy atom. The Morgan fingerprint density at radius 1 is 0.958 bits per heavy atom. The number of H-pyrrole nitrogens is 1. The van der Waals surface area contributed by atoms with E-state index in [9.17, 15) is 28.4 Å². The lowest BCUT2D eigenvalue weighted by Gasteiger charge is -2.59. The lowest BCUT2D eigenvalue weighted by Crippen LogP contribution is -2.61. The highest BCUT2D eigenvalue weighted by atomic mass is 32.2. The van der Waals surface area contributed by atoms with E-state index in [0.717, 1.165) is 109 Å². The Labute approximate surface area is 415 Å². The number of aromatic amines is 1. The van der Waals surface area contributed by atoms with Crippen LogP contribution >= 0.6 is 0 Å². The number of hydrogen-bond donors (Lipinski definition) is 4. The Kier molecular flexibility index (Phi) is 13.9. The van der Waals surface area contributed by atoms with Gasteiger partial charge in [0.05, 0.1) is 21.6 Å². The van der Waals surface area contributed by atoms with Gasteiger partial charge in [0.2, 0.25) is 0 Å². The summed E-state index contributed by atoms with van der Waals surface area (Å²) < 4.78 is 41.8. The number of sulfonamides is 1. The first-order valence-corrected chi connectivity index (χ1v) is 27.0. The molecule has 1 unspecified atom stereocenters. The van der Waals surface area contributed by atoms with E-state index in [-0.39, 0.29) is 28.3 Å². The first-order chi connectivity index (χ1) is 34.1. The van der Waals surface area contributed by atoms with E-state index in [2.05, 4.69) is 72.8 Å². The molecule has 71 heavy (non-hydrogen) atoms. The third kappa shape index (κ3) is 10.6. The molecule has 0 bridgehead atoms. The molecule has 1 amide bonds. The number of benzene rings is 2. The van der Waals surface area contributed by atoms with Gasteiger partial charge in [0, 0.05) is 101 Å². The molecule has 4 N–H and O–H groups in total. The van der Waals surface area contributed by atoms with Gasteiger partial charge in [0.1, 0.15) is 34.2 Å². The number of carbonyl (C=O) groups is 1. The number of carbonyl (C=O) groups excluding carboxylic acids is 1. The van der Waals surface area contributed by atoms with Crippen LogP contribution in [0.4, 0.5) is 17.2 Å². The normalized spacial score (nSPS) is 23.7. The SMILES string of the molecule is CC(C)c1ccccc1C1CN(C2CCOCC2)CCN1C1CC2(CCN(c3cc(Oc4cnc5[nH]ccc5c4)c(C(=O)NS(=O)(=O)c4ccc(NCC5CCC(C)(O)CC5)c([N+](=O)[O-])c4)cn3)CC2)C1. The van der Waals surface area contributed by atoms with Crippen molar-refractivity contribution in [3.05, 3.63) is 106 Å². The maximum atomic E-state index is 14.0. The van der Waals surface area contributed by atoms with E-state index in [1.807, 2.05) is 13.0 Å². The Hall–Kier alpha value is -5.66. The molecule has 17 nitrogen and oxygen atoms in total. The van der Waals surface area contributed by atoms with Crippen molar-refractivity contribution in [3.63, 3.8) is 0 Å². The van der Waals surface area contributed by atoms with Crippen molar-refractivity contribution >= 4 is 44.2 Å². The number of piperidine rings is 1. The molecule has 10 rings (SSSR count). The van der Waals surface area contributed by atoms with Gasteiger partial charge in [0.15, 0.2) is 0 Å². The molecule has 2 saturated carbocycles. The van der Waals surface area contributed by atoms with E-state index in [1.54, 1.807) is 18.3 Å². The molecule has 378 valence electrons. The Bertz CT molecular complexity index is 2840. The molecule has 6 heterocycles. The van der Waals surface area contributed by atoms with Crippen LogP contribution in [0.5, 0.6) is 11.5 Å². The van der Waals surface area contributed by atoms with Crippen molar-refractivity contribution in [2.75, 3.05) is 62.7 Å². The highest BCUT2D eigenvalue weighted by Crippen LogP contribution is 2.53. The third-order valence-corrected chi connectivity index (χ3v) is 17.6. The van der Waals surface area contributed by atoms with Gasteiger partial charge in [-0.3, -0.25) is 24.7 Å². The van der Waals surface area contributed by atoms with Gasteiger partial charge in [-0.15, -0.1) is 0 Å². The number of rotatable bonds is 14. The number of nitrogens with zero attached hydrogens (tertiary/aromatic N) is 6. The van der Waals surface area contributed by atoms with Crippen molar-refractivity contribution in [3.8, 4) is 11.5 Å². The van der Waals surface area contributed by atoms with E-state index >= 15 is 0 Å². The fourth-order valence-corrected chi connectivity index (χ4v) is 13.0. The summed E-state index contributed by atoms with van der Waals surface area (Å²) in [5.41, 5.74) is 2.67. The van der Waals surface area contributed by atoms with Crippen LogP contribution in [0.1, 0.15) is 118 Å². The number of ether oxygens (including phenoxy) is 2. The molecule has 5 aromatic rings. The fourth-order valence-electron chi connectivity index (χ4n) is 12.0. The van der Waals surface area contributed by atoms with Crippen LogP contribution in [-0.4, -0.2) is 119 Å². The number of anilines is 2. The standard InChI is InChI=1S/C53H67N9O8S/c1-35(2)42-6-4-5-7-43(42)47-34-60(38-13-24-69-25-14-38)22-23-61(47)39-29-53(30-39)17-20-59(21-18-53)49-28-48(70-40-26-37-12-19-54-50(37)57-32-40)44(33-56-49)51(63)58-71(67,68)41-8-9-45(46(27-41)62(65)66)55-31-36-10-15-52(3,64)16-11-36/h4-9,12,19,26-28,32-33,35-36,38-39,47,55,64H,10-11,13-18,20-25,29-31,34H2,1-3H3,(H,54,57)(H,58,63). The summed E-state index contributed by atoms with van der Waals surface area (Å²) in [4.78, 5) is 45.2. The summed E-state index contributed by atoms with van der Waals surface area (Å²) in [5.74, 6) is 0.662. The molecule has 3 saturated heterocycles. The van der Waals surface area contributed by atoms with Gasteiger partial charge >= 0.3 is 0 Å².